The van der Waals surface area contributed by atoms with Gasteiger partial charge in [-0.05, 0) is 82.2 Å². The topological polar surface area (TPSA) is 36.4 Å². The molecule has 2 fully saturated rings. The number of carbonyl (C=O) groups excluding carboxylic acids is 1. The normalized spacial score (nSPS) is 21.6. The van der Waals surface area contributed by atoms with Crippen molar-refractivity contribution in [2.24, 2.45) is 5.92 Å². The van der Waals surface area contributed by atoms with Crippen LogP contribution in [0.25, 0.3) is 11.3 Å². The lowest BCUT2D eigenvalue weighted by atomic mass is 9.90. The van der Waals surface area contributed by atoms with Gasteiger partial charge in [-0.15, -0.1) is 0 Å². The van der Waals surface area contributed by atoms with Gasteiger partial charge in [0.2, 0.25) is 5.91 Å². The van der Waals surface area contributed by atoms with Crippen molar-refractivity contribution < 1.29 is 9.18 Å². The summed E-state index contributed by atoms with van der Waals surface area (Å²) in [4.78, 5) is 22.2. The van der Waals surface area contributed by atoms with Crippen molar-refractivity contribution in [2.75, 3.05) is 33.2 Å². The second-order valence-corrected chi connectivity index (χ2v) is 8.16. The minimum atomic E-state index is -0.241. The highest BCUT2D eigenvalue weighted by atomic mass is 19.1. The first-order valence-corrected chi connectivity index (χ1v) is 10.3. The van der Waals surface area contributed by atoms with Crippen LogP contribution in [0.4, 0.5) is 4.39 Å². The van der Waals surface area contributed by atoms with Crippen LogP contribution in [0.2, 0.25) is 0 Å². The summed E-state index contributed by atoms with van der Waals surface area (Å²) in [7, 11) is 2.12. The lowest BCUT2D eigenvalue weighted by Gasteiger charge is -2.37. The highest BCUT2D eigenvalue weighted by Gasteiger charge is 2.31. The van der Waals surface area contributed by atoms with Gasteiger partial charge < -0.3 is 9.80 Å². The Morgan fingerprint density at radius 1 is 1.04 bits per heavy atom. The van der Waals surface area contributed by atoms with Crippen LogP contribution in [0, 0.1) is 11.7 Å². The zero-order valence-electron chi connectivity index (χ0n) is 16.5. The van der Waals surface area contributed by atoms with Gasteiger partial charge in [-0.1, -0.05) is 6.07 Å². The molecule has 1 atom stereocenters. The number of likely N-dealkylation sites (tertiary alicyclic amines) is 2. The van der Waals surface area contributed by atoms with Crippen molar-refractivity contribution in [3.63, 3.8) is 0 Å². The first kappa shape index (κ1) is 19.1. The first-order valence-electron chi connectivity index (χ1n) is 10.3. The van der Waals surface area contributed by atoms with Crippen LogP contribution in [0.15, 0.2) is 42.5 Å². The highest BCUT2D eigenvalue weighted by Crippen LogP contribution is 2.29. The summed E-state index contributed by atoms with van der Waals surface area (Å²) in [5.41, 5.74) is 2.80. The molecule has 4 rings (SSSR count). The highest BCUT2D eigenvalue weighted by molar-refractivity contribution is 5.79. The average molecular weight is 381 g/mol. The van der Waals surface area contributed by atoms with Gasteiger partial charge in [-0.2, -0.15) is 0 Å². The van der Waals surface area contributed by atoms with E-state index in [0.29, 0.717) is 5.91 Å². The molecule has 2 aliphatic heterocycles. The largest absolute Gasteiger partial charge is 0.342 e. The molecule has 0 saturated carbocycles. The molecule has 1 aromatic heterocycles. The van der Waals surface area contributed by atoms with Crippen molar-refractivity contribution >= 4 is 5.91 Å². The van der Waals surface area contributed by atoms with E-state index in [4.69, 9.17) is 4.98 Å². The van der Waals surface area contributed by atoms with Crippen molar-refractivity contribution in [3.05, 3.63) is 54.0 Å². The predicted octanol–water partition coefficient (Wildman–Crippen LogP) is 3.94. The molecule has 28 heavy (non-hydrogen) atoms. The zero-order valence-corrected chi connectivity index (χ0v) is 16.5. The molecular weight excluding hydrogens is 353 g/mol. The molecule has 2 aromatic rings. The van der Waals surface area contributed by atoms with Gasteiger partial charge in [0, 0.05) is 36.2 Å². The van der Waals surface area contributed by atoms with E-state index in [-0.39, 0.29) is 17.7 Å². The molecule has 0 radical (unpaired) electrons. The van der Waals surface area contributed by atoms with E-state index in [9.17, 15) is 9.18 Å². The quantitative estimate of drug-likeness (QED) is 0.808. The van der Waals surface area contributed by atoms with Gasteiger partial charge in [-0.3, -0.25) is 9.78 Å². The molecular formula is C23H28FN3O. The van der Waals surface area contributed by atoms with Crippen LogP contribution in [-0.4, -0.2) is 53.9 Å². The number of rotatable bonds is 3. The van der Waals surface area contributed by atoms with Crippen molar-refractivity contribution in [1.29, 1.82) is 0 Å². The lowest BCUT2D eigenvalue weighted by molar-refractivity contribution is -0.138. The molecule has 4 nitrogen and oxygen atoms in total. The van der Waals surface area contributed by atoms with Crippen molar-refractivity contribution in [2.45, 2.75) is 31.6 Å². The van der Waals surface area contributed by atoms with E-state index in [1.165, 1.54) is 12.1 Å². The fourth-order valence-corrected chi connectivity index (χ4v) is 4.39. The van der Waals surface area contributed by atoms with E-state index < -0.39 is 0 Å². The predicted molar refractivity (Wildman–Crippen MR) is 108 cm³/mol. The van der Waals surface area contributed by atoms with Crippen molar-refractivity contribution in [1.82, 2.24) is 14.8 Å². The zero-order chi connectivity index (χ0) is 19.5. The second-order valence-electron chi connectivity index (χ2n) is 8.16. The smallest absolute Gasteiger partial charge is 0.225 e. The number of nitrogens with zero attached hydrogens (tertiary/aromatic N) is 3. The molecule has 0 N–H and O–H groups in total. The van der Waals surface area contributed by atoms with Crippen LogP contribution in [0.5, 0.6) is 0 Å². The molecule has 1 amide bonds. The molecule has 0 bridgehead atoms. The molecule has 2 saturated heterocycles. The molecule has 148 valence electrons. The number of hydrogen-bond acceptors (Lipinski definition) is 3. The third-order valence-electron chi connectivity index (χ3n) is 6.13. The maximum atomic E-state index is 13.2. The Labute approximate surface area is 166 Å². The maximum absolute atomic E-state index is 13.2. The number of amides is 1. The minimum Gasteiger partial charge on any atom is -0.342 e. The van der Waals surface area contributed by atoms with Gasteiger partial charge in [0.1, 0.15) is 5.82 Å². The number of aromatic nitrogens is 1. The summed E-state index contributed by atoms with van der Waals surface area (Å²) in [6, 6.07) is 12.5. The molecule has 0 spiro atoms. The third-order valence-corrected chi connectivity index (χ3v) is 6.13. The summed E-state index contributed by atoms with van der Waals surface area (Å²) in [5.74, 6) is 0.528. The number of piperidine rings is 2. The standard InChI is InChI=1S/C23H28FN3O/c1-26-14-11-18(12-15-26)23(28)27-13-3-4-19(16-27)22-6-2-5-21(25-22)17-7-9-20(24)10-8-17/h2,5-10,18-19H,3-4,11-16H2,1H3/t19-/m0/s1. The van der Waals surface area contributed by atoms with Gasteiger partial charge in [0.15, 0.2) is 0 Å². The third kappa shape index (κ3) is 4.25. The molecule has 1 aromatic carbocycles. The number of hydrogen-bond donors (Lipinski definition) is 0. The first-order chi connectivity index (χ1) is 13.6. The SMILES string of the molecule is CN1CCC(C(=O)N2CCC[C@H](c3cccc(-c4ccc(F)cc4)n3)C2)CC1. The van der Waals surface area contributed by atoms with E-state index in [0.717, 1.165) is 68.8 Å². The van der Waals surface area contributed by atoms with Gasteiger partial charge in [0.05, 0.1) is 5.69 Å². The lowest BCUT2D eigenvalue weighted by Crippen LogP contribution is -2.45. The Morgan fingerprint density at radius 3 is 2.54 bits per heavy atom. The molecule has 3 heterocycles. The minimum absolute atomic E-state index is 0.174. The summed E-state index contributed by atoms with van der Waals surface area (Å²) in [6.45, 7) is 3.63. The van der Waals surface area contributed by atoms with Crippen LogP contribution in [-0.2, 0) is 4.79 Å². The monoisotopic (exact) mass is 381 g/mol. The number of carbonyl (C=O) groups is 1. The summed E-state index contributed by atoms with van der Waals surface area (Å²) >= 11 is 0. The molecule has 0 aliphatic carbocycles. The molecule has 0 unspecified atom stereocenters. The Balaban J connectivity index is 1.46. The Morgan fingerprint density at radius 2 is 1.79 bits per heavy atom. The summed E-state index contributed by atoms with van der Waals surface area (Å²) in [5, 5.41) is 0. The van der Waals surface area contributed by atoms with Crippen LogP contribution < -0.4 is 0 Å². The van der Waals surface area contributed by atoms with Crippen LogP contribution >= 0.6 is 0 Å². The fraction of sp³-hybridized carbons (Fsp3) is 0.478. The number of benzene rings is 1. The maximum Gasteiger partial charge on any atom is 0.225 e. The van der Waals surface area contributed by atoms with Crippen LogP contribution in [0.1, 0.15) is 37.3 Å². The van der Waals surface area contributed by atoms with Gasteiger partial charge in [-0.25, -0.2) is 4.39 Å². The van der Waals surface area contributed by atoms with Crippen molar-refractivity contribution in [3.8, 4) is 11.3 Å². The molecule has 2 aliphatic rings. The van der Waals surface area contributed by atoms with Crippen LogP contribution in [0.3, 0.4) is 0 Å². The Bertz CT molecular complexity index is 815. The van der Waals surface area contributed by atoms with E-state index in [1.54, 1.807) is 12.1 Å². The molecule has 5 heteroatoms. The van der Waals surface area contributed by atoms with Gasteiger partial charge in [0.25, 0.3) is 0 Å². The van der Waals surface area contributed by atoms with E-state index in [2.05, 4.69) is 22.9 Å². The second kappa shape index (κ2) is 8.39. The average Bonchev–Trinajstić information content (AvgIpc) is 2.74. The Kier molecular flexibility index (Phi) is 5.72. The fourth-order valence-electron chi connectivity index (χ4n) is 4.39. The number of halogens is 1. The number of pyridine rings is 1. The summed E-state index contributed by atoms with van der Waals surface area (Å²) < 4.78 is 13.2. The van der Waals surface area contributed by atoms with E-state index in [1.807, 2.05) is 12.1 Å². The Hall–Kier alpha value is -2.27. The van der Waals surface area contributed by atoms with E-state index >= 15 is 0 Å². The van der Waals surface area contributed by atoms with Gasteiger partial charge >= 0.3 is 0 Å². The summed E-state index contributed by atoms with van der Waals surface area (Å²) in [6.07, 6.45) is 4.01.